The summed E-state index contributed by atoms with van der Waals surface area (Å²) >= 11 is 0. The summed E-state index contributed by atoms with van der Waals surface area (Å²) in [6.45, 7) is 0.558. The van der Waals surface area contributed by atoms with Gasteiger partial charge in [0.1, 0.15) is 0 Å². The zero-order valence-corrected chi connectivity index (χ0v) is 9.22. The van der Waals surface area contributed by atoms with Crippen LogP contribution in [0.2, 0.25) is 0 Å². The lowest BCUT2D eigenvalue weighted by molar-refractivity contribution is -0.386. The third-order valence-corrected chi connectivity index (χ3v) is 2.99. The van der Waals surface area contributed by atoms with E-state index in [9.17, 15) is 15.2 Å². The van der Waals surface area contributed by atoms with Crippen LogP contribution in [-0.2, 0) is 6.61 Å². The molecule has 0 radical (unpaired) electrons. The minimum Gasteiger partial charge on any atom is -0.502 e. The highest BCUT2D eigenvalue weighted by molar-refractivity contribution is 5.54. The zero-order chi connectivity index (χ0) is 12.4. The summed E-state index contributed by atoms with van der Waals surface area (Å²) in [4.78, 5) is 10.2. The van der Waals surface area contributed by atoms with E-state index in [1.54, 1.807) is 6.07 Å². The molecule has 0 spiro atoms. The molecule has 0 aromatic heterocycles. The van der Waals surface area contributed by atoms with Crippen LogP contribution in [0.25, 0.3) is 0 Å². The van der Waals surface area contributed by atoms with Gasteiger partial charge in [-0.1, -0.05) is 0 Å². The second kappa shape index (κ2) is 4.68. The monoisotopic (exact) mass is 238 g/mol. The lowest BCUT2D eigenvalue weighted by Gasteiger charge is -2.13. The number of phenols is 1. The molecule has 1 fully saturated rings. The lowest BCUT2D eigenvalue weighted by Crippen LogP contribution is -2.13. The highest BCUT2D eigenvalue weighted by Gasteiger charge is 2.25. The Kier molecular flexibility index (Phi) is 3.26. The Bertz CT molecular complexity index is 441. The van der Waals surface area contributed by atoms with E-state index in [4.69, 9.17) is 5.11 Å². The van der Waals surface area contributed by atoms with Gasteiger partial charge < -0.3 is 15.5 Å². The molecule has 0 saturated carbocycles. The number of hydrogen-bond acceptors (Lipinski definition) is 5. The van der Waals surface area contributed by atoms with Crippen LogP contribution in [-0.4, -0.2) is 21.7 Å². The molecule has 17 heavy (non-hydrogen) atoms. The van der Waals surface area contributed by atoms with Gasteiger partial charge in [-0.15, -0.1) is 0 Å². The van der Waals surface area contributed by atoms with Crippen LogP contribution >= 0.6 is 0 Å². The standard InChI is InChI=1S/C11H14N2O4/c14-6-7-4-8(9-2-1-3-12-9)11(15)10(5-7)13(16)17/h4-5,9,12,14-15H,1-3,6H2/t9-/m0/s1. The van der Waals surface area contributed by atoms with E-state index in [2.05, 4.69) is 5.32 Å². The average Bonchev–Trinajstić information content (AvgIpc) is 2.82. The first-order valence-corrected chi connectivity index (χ1v) is 5.48. The molecule has 2 rings (SSSR count). The topological polar surface area (TPSA) is 95.6 Å². The molecule has 1 atom stereocenters. The Morgan fingerprint density at radius 1 is 1.53 bits per heavy atom. The van der Waals surface area contributed by atoms with Crippen molar-refractivity contribution in [2.24, 2.45) is 0 Å². The number of rotatable bonds is 3. The van der Waals surface area contributed by atoms with E-state index in [0.29, 0.717) is 11.1 Å². The lowest BCUT2D eigenvalue weighted by atomic mass is 10.0. The number of aliphatic hydroxyl groups is 1. The number of hydrogen-bond donors (Lipinski definition) is 3. The van der Waals surface area contributed by atoms with Crippen LogP contribution in [0.1, 0.15) is 30.0 Å². The van der Waals surface area contributed by atoms with Crippen molar-refractivity contribution in [1.29, 1.82) is 0 Å². The van der Waals surface area contributed by atoms with Crippen LogP contribution in [0, 0.1) is 10.1 Å². The summed E-state index contributed by atoms with van der Waals surface area (Å²) in [7, 11) is 0. The molecule has 3 N–H and O–H groups in total. The summed E-state index contributed by atoms with van der Waals surface area (Å²) in [5.41, 5.74) is 0.596. The van der Waals surface area contributed by atoms with E-state index in [-0.39, 0.29) is 24.1 Å². The third kappa shape index (κ3) is 2.22. The van der Waals surface area contributed by atoms with Crippen molar-refractivity contribution < 1.29 is 15.1 Å². The van der Waals surface area contributed by atoms with Gasteiger partial charge in [0.15, 0.2) is 5.75 Å². The molecule has 1 saturated heterocycles. The maximum atomic E-state index is 10.8. The van der Waals surface area contributed by atoms with Gasteiger partial charge in [-0.2, -0.15) is 0 Å². The van der Waals surface area contributed by atoms with E-state index in [0.717, 1.165) is 19.4 Å². The molecule has 0 aliphatic carbocycles. The van der Waals surface area contributed by atoms with Gasteiger partial charge >= 0.3 is 5.69 Å². The SMILES string of the molecule is O=[N+]([O-])c1cc(CO)cc([C@@H]2CCCN2)c1O. The van der Waals surface area contributed by atoms with Crippen molar-refractivity contribution in [2.45, 2.75) is 25.5 Å². The van der Waals surface area contributed by atoms with E-state index in [1.165, 1.54) is 6.07 Å². The molecule has 6 heteroatoms. The highest BCUT2D eigenvalue weighted by atomic mass is 16.6. The second-order valence-electron chi connectivity index (χ2n) is 4.12. The van der Waals surface area contributed by atoms with Crippen molar-refractivity contribution in [2.75, 3.05) is 6.54 Å². The summed E-state index contributed by atoms with van der Waals surface area (Å²) in [5, 5.41) is 32.9. The molecular formula is C11H14N2O4. The predicted octanol–water partition coefficient (Wildman–Crippen LogP) is 1.22. The van der Waals surface area contributed by atoms with E-state index < -0.39 is 4.92 Å². The molecule has 1 heterocycles. The fraction of sp³-hybridized carbons (Fsp3) is 0.455. The molecule has 1 aromatic carbocycles. The van der Waals surface area contributed by atoms with E-state index in [1.807, 2.05) is 0 Å². The van der Waals surface area contributed by atoms with Gasteiger partial charge in [-0.3, -0.25) is 10.1 Å². The third-order valence-electron chi connectivity index (χ3n) is 2.99. The maximum Gasteiger partial charge on any atom is 0.311 e. The van der Waals surface area contributed by atoms with E-state index >= 15 is 0 Å². The quantitative estimate of drug-likeness (QED) is 0.543. The van der Waals surface area contributed by atoms with Crippen LogP contribution in [0.4, 0.5) is 5.69 Å². The smallest absolute Gasteiger partial charge is 0.311 e. The minimum absolute atomic E-state index is 0.0693. The summed E-state index contributed by atoms with van der Waals surface area (Å²) < 4.78 is 0. The van der Waals surface area contributed by atoms with Gasteiger partial charge in [0.05, 0.1) is 11.5 Å². The van der Waals surface area contributed by atoms with Gasteiger partial charge in [-0.25, -0.2) is 0 Å². The first-order chi connectivity index (χ1) is 8.13. The van der Waals surface area contributed by atoms with Crippen molar-refractivity contribution in [3.63, 3.8) is 0 Å². The number of nitrogens with one attached hydrogen (secondary N) is 1. The number of aliphatic hydroxyl groups excluding tert-OH is 1. The van der Waals surface area contributed by atoms with Gasteiger partial charge in [-0.05, 0) is 31.0 Å². The molecule has 92 valence electrons. The Balaban J connectivity index is 2.48. The fourth-order valence-corrected chi connectivity index (χ4v) is 2.15. The van der Waals surface area contributed by atoms with Gasteiger partial charge in [0, 0.05) is 17.7 Å². The van der Waals surface area contributed by atoms with Crippen molar-refractivity contribution in [1.82, 2.24) is 5.32 Å². The molecule has 1 aliphatic rings. The largest absolute Gasteiger partial charge is 0.502 e. The number of nitro benzene ring substituents is 1. The minimum atomic E-state index is -0.632. The normalized spacial score (nSPS) is 19.5. The number of aromatic hydroxyl groups is 1. The second-order valence-corrected chi connectivity index (χ2v) is 4.12. The van der Waals surface area contributed by atoms with Crippen LogP contribution in [0.15, 0.2) is 12.1 Å². The predicted molar refractivity (Wildman–Crippen MR) is 60.7 cm³/mol. The summed E-state index contributed by atoms with van der Waals surface area (Å²) in [6.07, 6.45) is 1.81. The van der Waals surface area contributed by atoms with Crippen LogP contribution < -0.4 is 5.32 Å². The number of nitrogens with zero attached hydrogens (tertiary/aromatic N) is 1. The summed E-state index contributed by atoms with van der Waals surface area (Å²) in [5.74, 6) is -0.299. The Labute approximate surface area is 98.0 Å². The molecule has 0 amide bonds. The Hall–Kier alpha value is -1.66. The maximum absolute atomic E-state index is 10.8. The average molecular weight is 238 g/mol. The van der Waals surface area contributed by atoms with Crippen molar-refractivity contribution in [3.05, 3.63) is 33.4 Å². The molecule has 6 nitrogen and oxygen atoms in total. The Morgan fingerprint density at radius 2 is 2.29 bits per heavy atom. The number of nitro groups is 1. The Morgan fingerprint density at radius 3 is 2.82 bits per heavy atom. The van der Waals surface area contributed by atoms with Crippen molar-refractivity contribution in [3.8, 4) is 5.75 Å². The number of benzene rings is 1. The zero-order valence-electron chi connectivity index (χ0n) is 9.22. The fourth-order valence-electron chi connectivity index (χ4n) is 2.15. The summed E-state index contributed by atoms with van der Waals surface area (Å²) in [6, 6.07) is 2.75. The van der Waals surface area contributed by atoms with Crippen LogP contribution in [0.3, 0.4) is 0 Å². The first-order valence-electron chi connectivity index (χ1n) is 5.48. The van der Waals surface area contributed by atoms with Gasteiger partial charge in [0.2, 0.25) is 0 Å². The molecule has 0 unspecified atom stereocenters. The van der Waals surface area contributed by atoms with Crippen molar-refractivity contribution >= 4 is 5.69 Å². The van der Waals surface area contributed by atoms with Gasteiger partial charge in [0.25, 0.3) is 0 Å². The molecule has 1 aromatic rings. The van der Waals surface area contributed by atoms with Crippen LogP contribution in [0.5, 0.6) is 5.75 Å². The first kappa shape index (κ1) is 11.8. The molecule has 1 aliphatic heterocycles. The number of phenolic OH excluding ortho intramolecular Hbond substituents is 1. The molecular weight excluding hydrogens is 224 g/mol. The molecule has 0 bridgehead atoms. The highest BCUT2D eigenvalue weighted by Crippen LogP contribution is 2.37.